The Morgan fingerprint density at radius 3 is 2.42 bits per heavy atom. The molecule has 1 saturated heterocycles. The summed E-state index contributed by atoms with van der Waals surface area (Å²) in [5.74, 6) is 2.83. The van der Waals surface area contributed by atoms with E-state index in [1.807, 2.05) is 18.2 Å². The highest BCUT2D eigenvalue weighted by Crippen LogP contribution is 2.35. The smallest absolute Gasteiger partial charge is 0.350 e. The number of piperidine rings is 1. The number of benzene rings is 2. The molecule has 0 atom stereocenters. The molecule has 0 amide bonds. The van der Waals surface area contributed by atoms with Gasteiger partial charge in [0, 0.05) is 36.6 Å². The third-order valence-electron chi connectivity index (χ3n) is 7.38. The number of aromatic nitrogens is 4. The highest BCUT2D eigenvalue weighted by atomic mass is 35.5. The molecular weight excluding hydrogens is 530 g/mol. The lowest BCUT2D eigenvalue weighted by atomic mass is 9.89. The summed E-state index contributed by atoms with van der Waals surface area (Å²) in [5, 5.41) is 4.82. The van der Waals surface area contributed by atoms with E-state index in [4.69, 9.17) is 21.1 Å². The van der Waals surface area contributed by atoms with Crippen LogP contribution in [0.3, 0.4) is 0 Å². The quantitative estimate of drug-likeness (QED) is 0.247. The zero-order chi connectivity index (χ0) is 28.1. The van der Waals surface area contributed by atoms with Crippen LogP contribution in [0, 0.1) is 0 Å². The van der Waals surface area contributed by atoms with Crippen LogP contribution >= 0.6 is 11.6 Å². The minimum Gasteiger partial charge on any atom is -0.493 e. The summed E-state index contributed by atoms with van der Waals surface area (Å²) in [6.45, 7) is 2.13. The fourth-order valence-electron chi connectivity index (χ4n) is 5.09. The van der Waals surface area contributed by atoms with Crippen LogP contribution in [-0.2, 0) is 6.54 Å². The number of ketones is 1. The summed E-state index contributed by atoms with van der Waals surface area (Å²) in [6, 6.07) is 16.8. The Morgan fingerprint density at radius 1 is 1.00 bits per heavy atom. The molecule has 2 aromatic carbocycles. The number of Topliss-reactive ketones (excluding diaryl/α,β-unsaturated/α-hetero) is 1. The molecule has 10 heteroatoms. The van der Waals surface area contributed by atoms with Gasteiger partial charge in [0.1, 0.15) is 12.1 Å². The Bertz CT molecular complexity index is 1510. The Morgan fingerprint density at radius 2 is 1.75 bits per heavy atom. The predicted molar refractivity (Wildman–Crippen MR) is 154 cm³/mol. The first kappa shape index (κ1) is 27.5. The minimum atomic E-state index is -0.260. The standard InChI is InChI=1S/C30H32ClN5O4/c1-39-27-11-7-23(18-28(27)40-2)21-13-16-34(17-14-21)29-12-10-25(19-32-29)35-20-33-36(30(35)38)15-3-4-26(37)22-5-8-24(31)9-6-22/h5-12,18-21H,3-4,13-17H2,1-2H3. The molecule has 9 nitrogen and oxygen atoms in total. The predicted octanol–water partition coefficient (Wildman–Crippen LogP) is 5.15. The highest BCUT2D eigenvalue weighted by molar-refractivity contribution is 6.30. The van der Waals surface area contributed by atoms with Gasteiger partial charge >= 0.3 is 5.69 Å². The van der Waals surface area contributed by atoms with E-state index in [9.17, 15) is 9.59 Å². The van der Waals surface area contributed by atoms with Crippen LogP contribution in [0.15, 0.2) is 71.9 Å². The van der Waals surface area contributed by atoms with Crippen molar-refractivity contribution in [2.75, 3.05) is 32.2 Å². The number of carbonyl (C=O) groups excluding carboxylic acids is 1. The maximum atomic E-state index is 12.9. The summed E-state index contributed by atoms with van der Waals surface area (Å²) in [7, 11) is 3.30. The molecule has 0 saturated carbocycles. The van der Waals surface area contributed by atoms with E-state index in [1.165, 1.54) is 21.1 Å². The van der Waals surface area contributed by atoms with Crippen molar-refractivity contribution in [3.63, 3.8) is 0 Å². The van der Waals surface area contributed by atoms with E-state index in [0.29, 0.717) is 41.6 Å². The molecule has 1 aliphatic heterocycles. The molecule has 0 bridgehead atoms. The number of hydrogen-bond donors (Lipinski definition) is 0. The van der Waals surface area contributed by atoms with Crippen LogP contribution in [0.4, 0.5) is 5.82 Å². The number of aryl methyl sites for hydroxylation is 1. The summed E-state index contributed by atoms with van der Waals surface area (Å²) < 4.78 is 13.7. The molecule has 2 aromatic heterocycles. The number of methoxy groups -OCH3 is 2. The van der Waals surface area contributed by atoms with Gasteiger partial charge in [-0.05, 0) is 79.3 Å². The van der Waals surface area contributed by atoms with E-state index in [2.05, 4.69) is 27.1 Å². The Kier molecular flexibility index (Phi) is 8.50. The second kappa shape index (κ2) is 12.4. The molecule has 1 fully saturated rings. The molecule has 0 spiro atoms. The molecule has 0 aliphatic carbocycles. The zero-order valence-electron chi connectivity index (χ0n) is 22.6. The zero-order valence-corrected chi connectivity index (χ0v) is 23.4. The van der Waals surface area contributed by atoms with Crippen LogP contribution in [0.25, 0.3) is 5.69 Å². The van der Waals surface area contributed by atoms with Gasteiger partial charge in [-0.25, -0.2) is 19.0 Å². The van der Waals surface area contributed by atoms with Crippen molar-refractivity contribution in [2.45, 2.75) is 38.1 Å². The highest BCUT2D eigenvalue weighted by Gasteiger charge is 2.23. The van der Waals surface area contributed by atoms with Crippen LogP contribution in [-0.4, -0.2) is 52.4 Å². The van der Waals surface area contributed by atoms with Crippen LogP contribution in [0.1, 0.15) is 47.5 Å². The SMILES string of the molecule is COc1ccc(C2CCN(c3ccc(-n4cnn(CCCC(=O)c5ccc(Cl)cc5)c4=O)cn3)CC2)cc1OC. The van der Waals surface area contributed by atoms with E-state index >= 15 is 0 Å². The molecule has 0 unspecified atom stereocenters. The van der Waals surface area contributed by atoms with Crippen molar-refractivity contribution in [3.8, 4) is 17.2 Å². The average Bonchev–Trinajstić information content (AvgIpc) is 3.37. The molecule has 5 rings (SSSR count). The summed E-state index contributed by atoms with van der Waals surface area (Å²) >= 11 is 5.89. The van der Waals surface area contributed by atoms with Crippen molar-refractivity contribution in [3.05, 3.63) is 93.8 Å². The third kappa shape index (κ3) is 6.04. The normalized spacial score (nSPS) is 13.8. The van der Waals surface area contributed by atoms with Gasteiger partial charge in [-0.3, -0.25) is 4.79 Å². The fraction of sp³-hybridized carbons (Fsp3) is 0.333. The molecule has 40 heavy (non-hydrogen) atoms. The molecule has 3 heterocycles. The number of nitrogens with zero attached hydrogens (tertiary/aromatic N) is 5. The van der Waals surface area contributed by atoms with Crippen molar-refractivity contribution >= 4 is 23.2 Å². The number of carbonyl (C=O) groups is 1. The summed E-state index contributed by atoms with van der Waals surface area (Å²) in [4.78, 5) is 32.2. The van der Waals surface area contributed by atoms with E-state index in [-0.39, 0.29) is 11.5 Å². The lowest BCUT2D eigenvalue weighted by Crippen LogP contribution is -2.33. The molecule has 0 radical (unpaired) electrons. The molecular formula is C30H32ClN5O4. The maximum Gasteiger partial charge on any atom is 0.350 e. The first-order valence-corrected chi connectivity index (χ1v) is 13.7. The van der Waals surface area contributed by atoms with Gasteiger partial charge in [-0.1, -0.05) is 17.7 Å². The average molecular weight is 562 g/mol. The maximum absolute atomic E-state index is 12.9. The van der Waals surface area contributed by atoms with Crippen molar-refractivity contribution in [2.24, 2.45) is 0 Å². The number of anilines is 1. The van der Waals surface area contributed by atoms with Crippen molar-refractivity contribution < 1.29 is 14.3 Å². The van der Waals surface area contributed by atoms with Crippen LogP contribution in [0.2, 0.25) is 5.02 Å². The first-order chi connectivity index (χ1) is 19.5. The lowest BCUT2D eigenvalue weighted by molar-refractivity contribution is 0.0978. The van der Waals surface area contributed by atoms with Crippen molar-refractivity contribution in [1.82, 2.24) is 19.3 Å². The molecule has 0 N–H and O–H groups in total. The minimum absolute atomic E-state index is 0.0108. The van der Waals surface area contributed by atoms with Crippen LogP contribution < -0.4 is 20.1 Å². The summed E-state index contributed by atoms with van der Waals surface area (Å²) in [6.07, 6.45) is 6.04. The number of pyridine rings is 1. The van der Waals surface area contributed by atoms with Gasteiger partial charge in [0.25, 0.3) is 0 Å². The summed E-state index contributed by atoms with van der Waals surface area (Å²) in [5.41, 5.74) is 2.26. The van der Waals surface area contributed by atoms with Gasteiger partial charge in [0.05, 0.1) is 26.1 Å². The Balaban J connectivity index is 1.16. The number of rotatable bonds is 10. The second-order valence-electron chi connectivity index (χ2n) is 9.79. The van der Waals surface area contributed by atoms with E-state index < -0.39 is 0 Å². The van der Waals surface area contributed by atoms with Gasteiger partial charge in [0.2, 0.25) is 0 Å². The Labute approximate surface area is 237 Å². The van der Waals surface area contributed by atoms with Gasteiger partial charge in [-0.2, -0.15) is 5.10 Å². The molecule has 4 aromatic rings. The number of hydrogen-bond acceptors (Lipinski definition) is 7. The topological polar surface area (TPSA) is 91.5 Å². The van der Waals surface area contributed by atoms with E-state index in [1.54, 1.807) is 44.7 Å². The van der Waals surface area contributed by atoms with Crippen molar-refractivity contribution in [1.29, 1.82) is 0 Å². The molecule has 1 aliphatic rings. The third-order valence-corrected chi connectivity index (χ3v) is 7.63. The largest absolute Gasteiger partial charge is 0.493 e. The lowest BCUT2D eigenvalue weighted by Gasteiger charge is -2.33. The Hall–Kier alpha value is -4.11. The van der Waals surface area contributed by atoms with E-state index in [0.717, 1.165) is 43.2 Å². The van der Waals surface area contributed by atoms with Gasteiger partial charge in [-0.15, -0.1) is 0 Å². The fourth-order valence-corrected chi connectivity index (χ4v) is 5.22. The van der Waals surface area contributed by atoms with Crippen LogP contribution in [0.5, 0.6) is 11.5 Å². The van der Waals surface area contributed by atoms with Gasteiger partial charge < -0.3 is 14.4 Å². The second-order valence-corrected chi connectivity index (χ2v) is 10.2. The molecule has 208 valence electrons. The van der Waals surface area contributed by atoms with Gasteiger partial charge in [0.15, 0.2) is 17.3 Å². The number of halogens is 1. The first-order valence-electron chi connectivity index (χ1n) is 13.3. The monoisotopic (exact) mass is 561 g/mol. The number of ether oxygens (including phenoxy) is 2.